The molecule has 1 saturated heterocycles. The Bertz CT molecular complexity index is 435. The van der Waals surface area contributed by atoms with Gasteiger partial charge in [0.2, 0.25) is 0 Å². The number of para-hydroxylation sites is 1. The number of anilines is 1. The maximum absolute atomic E-state index is 13.5. The highest BCUT2D eigenvalue weighted by molar-refractivity contribution is 6.33. The molecular formula is C12H14ClFN2O2. The lowest BCUT2D eigenvalue weighted by molar-refractivity contribution is -0.126. The average Bonchev–Trinajstić information content (AvgIpc) is 2.82. The van der Waals surface area contributed by atoms with E-state index < -0.39 is 17.8 Å². The predicted octanol–water partition coefficient (Wildman–Crippen LogP) is 1.92. The van der Waals surface area contributed by atoms with Crippen LogP contribution in [0.2, 0.25) is 5.02 Å². The SMILES string of the molecule is NCC1CCC(C(=O)Nc2c(F)cccc2Cl)O1. The van der Waals surface area contributed by atoms with E-state index in [4.69, 9.17) is 22.1 Å². The van der Waals surface area contributed by atoms with Crippen molar-refractivity contribution in [3.05, 3.63) is 29.0 Å². The minimum Gasteiger partial charge on any atom is -0.364 e. The number of hydrogen-bond donors (Lipinski definition) is 2. The van der Waals surface area contributed by atoms with Gasteiger partial charge in [-0.15, -0.1) is 0 Å². The van der Waals surface area contributed by atoms with E-state index >= 15 is 0 Å². The van der Waals surface area contributed by atoms with Gasteiger partial charge in [0.25, 0.3) is 5.91 Å². The van der Waals surface area contributed by atoms with Gasteiger partial charge in [0.1, 0.15) is 11.9 Å². The number of nitrogens with two attached hydrogens (primary N) is 1. The van der Waals surface area contributed by atoms with Crippen molar-refractivity contribution in [2.75, 3.05) is 11.9 Å². The molecule has 1 aliphatic rings. The molecule has 2 rings (SSSR count). The summed E-state index contributed by atoms with van der Waals surface area (Å²) in [5.74, 6) is -0.956. The molecule has 6 heteroatoms. The molecule has 2 atom stereocenters. The molecule has 98 valence electrons. The third-order valence-corrected chi connectivity index (χ3v) is 3.19. The van der Waals surface area contributed by atoms with Crippen LogP contribution in [0.4, 0.5) is 10.1 Å². The lowest BCUT2D eigenvalue weighted by Gasteiger charge is -2.13. The van der Waals surface area contributed by atoms with Gasteiger partial charge in [0.15, 0.2) is 0 Å². The first-order chi connectivity index (χ1) is 8.61. The van der Waals surface area contributed by atoms with E-state index in [1.54, 1.807) is 0 Å². The number of amides is 1. The zero-order valence-corrected chi connectivity index (χ0v) is 10.4. The summed E-state index contributed by atoms with van der Waals surface area (Å²) in [5, 5.41) is 2.62. The average molecular weight is 273 g/mol. The van der Waals surface area contributed by atoms with E-state index in [0.717, 1.165) is 6.42 Å². The van der Waals surface area contributed by atoms with Crippen molar-refractivity contribution in [3.63, 3.8) is 0 Å². The summed E-state index contributed by atoms with van der Waals surface area (Å²) in [6.07, 6.45) is 0.630. The number of hydrogen-bond acceptors (Lipinski definition) is 3. The van der Waals surface area contributed by atoms with Crippen LogP contribution >= 0.6 is 11.6 Å². The number of benzene rings is 1. The molecule has 0 aliphatic carbocycles. The highest BCUT2D eigenvalue weighted by Gasteiger charge is 2.30. The van der Waals surface area contributed by atoms with Crippen molar-refractivity contribution in [1.82, 2.24) is 0 Å². The fourth-order valence-electron chi connectivity index (χ4n) is 1.89. The molecule has 1 aliphatic heterocycles. The van der Waals surface area contributed by atoms with Crippen molar-refractivity contribution in [3.8, 4) is 0 Å². The van der Waals surface area contributed by atoms with Gasteiger partial charge in [-0.2, -0.15) is 0 Å². The smallest absolute Gasteiger partial charge is 0.253 e. The van der Waals surface area contributed by atoms with Crippen molar-refractivity contribution in [2.45, 2.75) is 25.0 Å². The zero-order chi connectivity index (χ0) is 13.1. The fraction of sp³-hybridized carbons (Fsp3) is 0.417. The lowest BCUT2D eigenvalue weighted by Crippen LogP contribution is -2.30. The molecule has 0 aromatic heterocycles. The van der Waals surface area contributed by atoms with E-state index in [2.05, 4.69) is 5.32 Å². The molecule has 0 bridgehead atoms. The quantitative estimate of drug-likeness (QED) is 0.884. The van der Waals surface area contributed by atoms with Gasteiger partial charge in [-0.3, -0.25) is 4.79 Å². The Labute approximate surface area is 109 Å². The first-order valence-corrected chi connectivity index (χ1v) is 6.10. The molecule has 0 saturated carbocycles. The molecular weight excluding hydrogens is 259 g/mol. The van der Waals surface area contributed by atoms with Gasteiger partial charge in [0, 0.05) is 6.54 Å². The van der Waals surface area contributed by atoms with E-state index in [1.807, 2.05) is 0 Å². The number of nitrogens with one attached hydrogen (secondary N) is 1. The maximum Gasteiger partial charge on any atom is 0.253 e. The topological polar surface area (TPSA) is 64.4 Å². The highest BCUT2D eigenvalue weighted by atomic mass is 35.5. The minimum atomic E-state index is -0.589. The monoisotopic (exact) mass is 272 g/mol. The molecule has 0 radical (unpaired) electrons. The third-order valence-electron chi connectivity index (χ3n) is 2.87. The van der Waals surface area contributed by atoms with Gasteiger partial charge in [0.05, 0.1) is 16.8 Å². The molecule has 1 aromatic carbocycles. The summed E-state index contributed by atoms with van der Waals surface area (Å²) < 4.78 is 18.9. The largest absolute Gasteiger partial charge is 0.364 e. The van der Waals surface area contributed by atoms with Crippen LogP contribution in [0, 0.1) is 5.82 Å². The van der Waals surface area contributed by atoms with Crippen LogP contribution < -0.4 is 11.1 Å². The summed E-state index contributed by atoms with van der Waals surface area (Å²) in [6.45, 7) is 0.379. The molecule has 3 N–H and O–H groups in total. The van der Waals surface area contributed by atoms with Gasteiger partial charge >= 0.3 is 0 Å². The third kappa shape index (κ3) is 2.80. The number of halogens is 2. The van der Waals surface area contributed by atoms with Crippen molar-refractivity contribution < 1.29 is 13.9 Å². The number of ether oxygens (including phenoxy) is 1. The molecule has 2 unspecified atom stereocenters. The van der Waals surface area contributed by atoms with Crippen LogP contribution in [0.25, 0.3) is 0 Å². The Kier molecular flexibility index (Phi) is 4.16. The summed E-state index contributed by atoms with van der Waals surface area (Å²) >= 11 is 5.82. The Morgan fingerprint density at radius 2 is 2.33 bits per heavy atom. The van der Waals surface area contributed by atoms with Crippen LogP contribution in [0.15, 0.2) is 18.2 Å². The standard InChI is InChI=1S/C12H14ClFN2O2/c13-8-2-1-3-9(14)11(8)16-12(17)10-5-4-7(6-15)18-10/h1-3,7,10H,4-6,15H2,(H,16,17). The van der Waals surface area contributed by atoms with E-state index in [0.29, 0.717) is 13.0 Å². The van der Waals surface area contributed by atoms with E-state index in [1.165, 1.54) is 18.2 Å². The van der Waals surface area contributed by atoms with Gasteiger partial charge in [-0.25, -0.2) is 4.39 Å². The maximum atomic E-state index is 13.5. The molecule has 1 aromatic rings. The molecule has 0 spiro atoms. The number of rotatable bonds is 3. The normalized spacial score (nSPS) is 23.1. The van der Waals surface area contributed by atoms with Crippen molar-refractivity contribution in [1.29, 1.82) is 0 Å². The summed E-state index contributed by atoms with van der Waals surface area (Å²) in [6, 6.07) is 4.22. The fourth-order valence-corrected chi connectivity index (χ4v) is 2.10. The molecule has 1 heterocycles. The summed E-state index contributed by atoms with van der Waals surface area (Å²) in [4.78, 5) is 11.9. The second kappa shape index (κ2) is 5.65. The van der Waals surface area contributed by atoms with Gasteiger partial charge < -0.3 is 15.8 Å². The van der Waals surface area contributed by atoms with E-state index in [9.17, 15) is 9.18 Å². The Hall–Kier alpha value is -1.17. The van der Waals surface area contributed by atoms with Crippen LogP contribution in [0.1, 0.15) is 12.8 Å². The second-order valence-electron chi connectivity index (χ2n) is 4.15. The molecule has 4 nitrogen and oxygen atoms in total. The highest BCUT2D eigenvalue weighted by Crippen LogP contribution is 2.26. The van der Waals surface area contributed by atoms with Gasteiger partial charge in [-0.05, 0) is 25.0 Å². The van der Waals surface area contributed by atoms with E-state index in [-0.39, 0.29) is 16.8 Å². The summed E-state index contributed by atoms with van der Waals surface area (Å²) in [5.41, 5.74) is 5.45. The Balaban J connectivity index is 2.04. The molecule has 1 fully saturated rings. The predicted molar refractivity (Wildman–Crippen MR) is 67.0 cm³/mol. The zero-order valence-electron chi connectivity index (χ0n) is 9.66. The van der Waals surface area contributed by atoms with Crippen molar-refractivity contribution >= 4 is 23.2 Å². The second-order valence-corrected chi connectivity index (χ2v) is 4.55. The van der Waals surface area contributed by atoms with Crippen LogP contribution in [-0.2, 0) is 9.53 Å². The first kappa shape index (κ1) is 13.3. The van der Waals surface area contributed by atoms with Crippen LogP contribution in [-0.4, -0.2) is 24.7 Å². The van der Waals surface area contributed by atoms with Crippen LogP contribution in [0.5, 0.6) is 0 Å². The van der Waals surface area contributed by atoms with Crippen molar-refractivity contribution in [2.24, 2.45) is 5.73 Å². The molecule has 18 heavy (non-hydrogen) atoms. The lowest BCUT2D eigenvalue weighted by atomic mass is 10.2. The summed E-state index contributed by atoms with van der Waals surface area (Å²) in [7, 11) is 0. The first-order valence-electron chi connectivity index (χ1n) is 5.72. The minimum absolute atomic E-state index is 0.0102. The number of carbonyl (C=O) groups excluding carboxylic acids is 1. The van der Waals surface area contributed by atoms with Gasteiger partial charge in [-0.1, -0.05) is 17.7 Å². The van der Waals surface area contributed by atoms with Crippen LogP contribution in [0.3, 0.4) is 0 Å². The Morgan fingerprint density at radius 1 is 1.56 bits per heavy atom. The Morgan fingerprint density at radius 3 is 2.94 bits per heavy atom. The number of carbonyl (C=O) groups is 1. The molecule has 1 amide bonds.